The summed E-state index contributed by atoms with van der Waals surface area (Å²) in [6.07, 6.45) is 1.78. The fourth-order valence-electron chi connectivity index (χ4n) is 2.03. The van der Waals surface area contributed by atoms with E-state index >= 15 is 0 Å². The predicted octanol–water partition coefficient (Wildman–Crippen LogP) is 1.09. The van der Waals surface area contributed by atoms with E-state index in [-0.39, 0.29) is 17.3 Å². The molecule has 5 heteroatoms. The van der Waals surface area contributed by atoms with Gasteiger partial charge in [-0.2, -0.15) is 5.26 Å². The van der Waals surface area contributed by atoms with Crippen molar-refractivity contribution in [3.63, 3.8) is 0 Å². The quantitative estimate of drug-likeness (QED) is 0.787. The zero-order valence-corrected chi connectivity index (χ0v) is 10.6. The minimum atomic E-state index is -0.519. The Kier molecular flexibility index (Phi) is 3.89. The van der Waals surface area contributed by atoms with Crippen LogP contribution in [0.25, 0.3) is 0 Å². The van der Waals surface area contributed by atoms with Gasteiger partial charge in [0.05, 0.1) is 0 Å². The second-order valence-corrected chi connectivity index (χ2v) is 4.23. The Balaban J connectivity index is 3.63. The maximum atomic E-state index is 12.0. The first-order valence-electron chi connectivity index (χ1n) is 5.67. The predicted molar refractivity (Wildman–Crippen MR) is 65.0 cm³/mol. The molecule has 0 fully saturated rings. The molecule has 0 saturated carbocycles. The van der Waals surface area contributed by atoms with E-state index in [1.807, 2.05) is 19.9 Å². The van der Waals surface area contributed by atoms with Gasteiger partial charge >= 0.3 is 5.69 Å². The van der Waals surface area contributed by atoms with Gasteiger partial charge in [0.2, 0.25) is 0 Å². The normalized spacial score (nSPS) is 12.2. The summed E-state index contributed by atoms with van der Waals surface area (Å²) in [5, 5.41) is 8.97. The van der Waals surface area contributed by atoms with Crippen LogP contribution in [-0.4, -0.2) is 9.13 Å². The number of nitriles is 1. The van der Waals surface area contributed by atoms with E-state index in [1.54, 1.807) is 6.92 Å². The molecule has 1 rings (SSSR count). The molecule has 1 atom stereocenters. The van der Waals surface area contributed by atoms with Crippen LogP contribution in [0.5, 0.6) is 0 Å². The van der Waals surface area contributed by atoms with Gasteiger partial charge in [0.1, 0.15) is 11.6 Å². The molecule has 92 valence electrons. The third-order valence-electron chi connectivity index (χ3n) is 2.99. The lowest BCUT2D eigenvalue weighted by molar-refractivity contribution is 0.451. The van der Waals surface area contributed by atoms with Gasteiger partial charge in [-0.15, -0.1) is 0 Å². The lowest BCUT2D eigenvalue weighted by Crippen LogP contribution is -2.42. The molecule has 0 aliphatic heterocycles. The minimum absolute atomic E-state index is 0.00796. The van der Waals surface area contributed by atoms with E-state index in [0.717, 1.165) is 17.4 Å². The van der Waals surface area contributed by atoms with Gasteiger partial charge in [-0.3, -0.25) is 13.9 Å². The van der Waals surface area contributed by atoms with E-state index < -0.39 is 5.56 Å². The van der Waals surface area contributed by atoms with Crippen molar-refractivity contribution in [1.82, 2.24) is 9.13 Å². The van der Waals surface area contributed by atoms with Crippen molar-refractivity contribution in [3.05, 3.63) is 32.1 Å². The van der Waals surface area contributed by atoms with Crippen molar-refractivity contribution in [2.45, 2.75) is 39.7 Å². The van der Waals surface area contributed by atoms with Crippen molar-refractivity contribution >= 4 is 0 Å². The molecule has 5 nitrogen and oxygen atoms in total. The lowest BCUT2D eigenvalue weighted by Gasteiger charge is -2.18. The Labute approximate surface area is 99.9 Å². The summed E-state index contributed by atoms with van der Waals surface area (Å²) >= 11 is 0. The van der Waals surface area contributed by atoms with Crippen LogP contribution in [-0.2, 0) is 7.05 Å². The lowest BCUT2D eigenvalue weighted by atomic mass is 10.1. The smallest absolute Gasteiger partial charge is 0.294 e. The monoisotopic (exact) mass is 235 g/mol. The zero-order valence-electron chi connectivity index (χ0n) is 10.6. The molecular weight excluding hydrogens is 218 g/mol. The van der Waals surface area contributed by atoms with Crippen LogP contribution in [0.1, 0.15) is 44.0 Å². The Morgan fingerprint density at radius 1 is 1.41 bits per heavy atom. The molecular formula is C12H17N3O2. The highest BCUT2D eigenvalue weighted by molar-refractivity contribution is 5.30. The Hall–Kier alpha value is -1.83. The van der Waals surface area contributed by atoms with Crippen LogP contribution in [0.2, 0.25) is 0 Å². The highest BCUT2D eigenvalue weighted by atomic mass is 16.2. The molecule has 17 heavy (non-hydrogen) atoms. The van der Waals surface area contributed by atoms with E-state index in [2.05, 4.69) is 0 Å². The topological polar surface area (TPSA) is 67.8 Å². The largest absolute Gasteiger partial charge is 0.331 e. The molecule has 0 N–H and O–H groups in total. The molecule has 0 bridgehead atoms. The first-order valence-corrected chi connectivity index (χ1v) is 5.67. The highest BCUT2D eigenvalue weighted by Gasteiger charge is 2.17. The molecule has 1 aromatic heterocycles. The molecule has 0 aliphatic carbocycles. The van der Waals surface area contributed by atoms with Gasteiger partial charge in [0.25, 0.3) is 5.56 Å². The molecule has 0 radical (unpaired) electrons. The van der Waals surface area contributed by atoms with Crippen molar-refractivity contribution in [2.75, 3.05) is 0 Å². The van der Waals surface area contributed by atoms with Crippen LogP contribution in [0.3, 0.4) is 0 Å². The van der Waals surface area contributed by atoms with E-state index in [0.29, 0.717) is 5.69 Å². The summed E-state index contributed by atoms with van der Waals surface area (Å²) < 4.78 is 2.53. The van der Waals surface area contributed by atoms with Gasteiger partial charge in [-0.05, 0) is 20.3 Å². The van der Waals surface area contributed by atoms with E-state index in [4.69, 9.17) is 5.26 Å². The Bertz CT molecular complexity index is 575. The average molecular weight is 235 g/mol. The number of hydrogen-bond donors (Lipinski definition) is 0. The number of aromatic nitrogens is 2. The standard InChI is InChI=1S/C12H17N3O2/c1-5-6-8(2)15-9(3)10(7-13)11(16)14(4)12(15)17/h8H,5-6H2,1-4H3. The van der Waals surface area contributed by atoms with Gasteiger partial charge in [-0.1, -0.05) is 13.3 Å². The molecule has 1 aromatic rings. The fraction of sp³-hybridized carbons (Fsp3) is 0.583. The van der Waals surface area contributed by atoms with E-state index in [1.165, 1.54) is 11.6 Å². The summed E-state index contributed by atoms with van der Waals surface area (Å²) in [4.78, 5) is 23.7. The SMILES string of the molecule is CCCC(C)n1c(C)c(C#N)c(=O)n(C)c1=O. The van der Waals surface area contributed by atoms with Crippen molar-refractivity contribution in [3.8, 4) is 6.07 Å². The number of nitrogens with zero attached hydrogens (tertiary/aromatic N) is 3. The molecule has 0 aromatic carbocycles. The molecule has 0 aliphatic rings. The Morgan fingerprint density at radius 2 is 2.00 bits per heavy atom. The van der Waals surface area contributed by atoms with Gasteiger partial charge in [0.15, 0.2) is 0 Å². The van der Waals surface area contributed by atoms with Gasteiger partial charge in [0, 0.05) is 18.8 Å². The molecule has 1 heterocycles. The van der Waals surface area contributed by atoms with Crippen molar-refractivity contribution in [1.29, 1.82) is 5.26 Å². The second kappa shape index (κ2) is 5.00. The first-order chi connectivity index (χ1) is 7.95. The first kappa shape index (κ1) is 13.2. The molecule has 0 spiro atoms. The maximum Gasteiger partial charge on any atom is 0.331 e. The van der Waals surface area contributed by atoms with Crippen LogP contribution in [0, 0.1) is 18.3 Å². The van der Waals surface area contributed by atoms with Crippen LogP contribution in [0.4, 0.5) is 0 Å². The van der Waals surface area contributed by atoms with Crippen LogP contribution >= 0.6 is 0 Å². The van der Waals surface area contributed by atoms with E-state index in [9.17, 15) is 9.59 Å². The molecule has 0 amide bonds. The van der Waals surface area contributed by atoms with Gasteiger partial charge in [-0.25, -0.2) is 4.79 Å². The van der Waals surface area contributed by atoms with Crippen molar-refractivity contribution < 1.29 is 0 Å². The maximum absolute atomic E-state index is 12.0. The van der Waals surface area contributed by atoms with Crippen LogP contribution in [0.15, 0.2) is 9.59 Å². The minimum Gasteiger partial charge on any atom is -0.294 e. The summed E-state index contributed by atoms with van der Waals surface area (Å²) in [5.41, 5.74) is -0.362. The average Bonchev–Trinajstić information content (AvgIpc) is 2.27. The van der Waals surface area contributed by atoms with Crippen LogP contribution < -0.4 is 11.2 Å². The van der Waals surface area contributed by atoms with Crippen molar-refractivity contribution in [2.24, 2.45) is 7.05 Å². The second-order valence-electron chi connectivity index (χ2n) is 4.23. The highest BCUT2D eigenvalue weighted by Crippen LogP contribution is 2.13. The third-order valence-corrected chi connectivity index (χ3v) is 2.99. The Morgan fingerprint density at radius 3 is 2.47 bits per heavy atom. The summed E-state index contributed by atoms with van der Waals surface area (Å²) in [6, 6.07) is 1.87. The zero-order chi connectivity index (χ0) is 13.2. The molecule has 0 saturated heterocycles. The summed E-state index contributed by atoms with van der Waals surface area (Å²) in [5.74, 6) is 0. The van der Waals surface area contributed by atoms with Gasteiger partial charge < -0.3 is 0 Å². The number of hydrogen-bond acceptors (Lipinski definition) is 3. The summed E-state index contributed by atoms with van der Waals surface area (Å²) in [6.45, 7) is 5.60. The summed E-state index contributed by atoms with van der Waals surface area (Å²) in [7, 11) is 1.40. The fourth-order valence-corrected chi connectivity index (χ4v) is 2.03. The molecule has 1 unspecified atom stereocenters. The third kappa shape index (κ3) is 2.16. The number of rotatable bonds is 3.